The number of hydrogen-bond donors (Lipinski definition) is 0. The maximum atomic E-state index is 11.8. The van der Waals surface area contributed by atoms with E-state index in [4.69, 9.17) is 4.74 Å². The van der Waals surface area contributed by atoms with E-state index in [0.717, 1.165) is 5.56 Å². The Labute approximate surface area is 101 Å². The summed E-state index contributed by atoms with van der Waals surface area (Å²) in [4.78, 5) is 22.8. The molecule has 0 saturated carbocycles. The summed E-state index contributed by atoms with van der Waals surface area (Å²) >= 11 is 0. The van der Waals surface area contributed by atoms with Gasteiger partial charge in [0.1, 0.15) is 6.10 Å². The number of hydrogen-bond acceptors (Lipinski definition) is 4. The number of carbonyl (C=O) groups excluding carboxylic acids is 2. The summed E-state index contributed by atoms with van der Waals surface area (Å²) in [5.41, 5.74) is 1.37. The third-order valence-corrected chi connectivity index (χ3v) is 2.35. The number of methoxy groups -OCH3 is 1. The van der Waals surface area contributed by atoms with E-state index in [1.165, 1.54) is 7.11 Å². The Hall–Kier alpha value is -1.84. The van der Waals surface area contributed by atoms with Crippen LogP contribution >= 0.6 is 0 Å². The number of rotatable bonds is 4. The molecule has 0 radical (unpaired) electrons. The smallest absolute Gasteiger partial charge is 0.338 e. The van der Waals surface area contributed by atoms with Crippen molar-refractivity contribution in [3.8, 4) is 0 Å². The zero-order valence-corrected chi connectivity index (χ0v) is 10.2. The van der Waals surface area contributed by atoms with Crippen LogP contribution in [-0.4, -0.2) is 25.2 Å². The molecule has 1 aromatic carbocycles. The van der Waals surface area contributed by atoms with Crippen LogP contribution in [-0.2, 0) is 14.3 Å². The summed E-state index contributed by atoms with van der Waals surface area (Å²) < 4.78 is 9.65. The molecule has 0 aliphatic heterocycles. The first-order valence-corrected chi connectivity index (χ1v) is 5.38. The quantitative estimate of drug-likeness (QED) is 0.751. The first kappa shape index (κ1) is 13.2. The average Bonchev–Trinajstić information content (AvgIpc) is 2.29. The van der Waals surface area contributed by atoms with E-state index < -0.39 is 18.0 Å². The molecule has 1 rings (SSSR count). The molecule has 0 N–H and O–H groups in total. The number of aryl methyl sites for hydroxylation is 1. The van der Waals surface area contributed by atoms with E-state index in [9.17, 15) is 9.59 Å². The largest absolute Gasteiger partial charge is 0.469 e. The fourth-order valence-corrected chi connectivity index (χ4v) is 1.41. The minimum absolute atomic E-state index is 0.0636. The molecule has 0 fully saturated rings. The van der Waals surface area contributed by atoms with E-state index in [0.29, 0.717) is 5.56 Å². The van der Waals surface area contributed by atoms with Crippen LogP contribution in [0.1, 0.15) is 29.3 Å². The van der Waals surface area contributed by atoms with Gasteiger partial charge in [0.2, 0.25) is 0 Å². The van der Waals surface area contributed by atoms with Crippen LogP contribution in [0.15, 0.2) is 24.3 Å². The number of ether oxygens (including phenoxy) is 2. The molecule has 0 heterocycles. The molecule has 0 amide bonds. The highest BCUT2D eigenvalue weighted by molar-refractivity contribution is 5.91. The molecule has 0 aliphatic rings. The zero-order valence-electron chi connectivity index (χ0n) is 10.2. The predicted octanol–water partition coefficient (Wildman–Crippen LogP) is 2.10. The standard InChI is InChI=1S/C13H16O4/c1-9-6-4-5-7-11(9)13(15)17-10(2)8-12(14)16-3/h4-7,10H,8H2,1-3H3/t10-/m1/s1. The van der Waals surface area contributed by atoms with Crippen LogP contribution in [0.3, 0.4) is 0 Å². The highest BCUT2D eigenvalue weighted by Gasteiger charge is 2.16. The van der Waals surface area contributed by atoms with Gasteiger partial charge in [-0.15, -0.1) is 0 Å². The molecule has 4 heteroatoms. The van der Waals surface area contributed by atoms with Gasteiger partial charge in [0.15, 0.2) is 0 Å². The van der Waals surface area contributed by atoms with Crippen LogP contribution in [0.25, 0.3) is 0 Å². The topological polar surface area (TPSA) is 52.6 Å². The van der Waals surface area contributed by atoms with E-state index in [1.54, 1.807) is 19.1 Å². The van der Waals surface area contributed by atoms with Crippen molar-refractivity contribution >= 4 is 11.9 Å². The second-order valence-electron chi connectivity index (χ2n) is 3.81. The van der Waals surface area contributed by atoms with E-state index in [1.807, 2.05) is 19.1 Å². The van der Waals surface area contributed by atoms with Crippen LogP contribution in [0, 0.1) is 6.92 Å². The van der Waals surface area contributed by atoms with Crippen molar-refractivity contribution in [2.24, 2.45) is 0 Å². The van der Waals surface area contributed by atoms with E-state index >= 15 is 0 Å². The number of benzene rings is 1. The monoisotopic (exact) mass is 236 g/mol. The molecule has 0 aromatic heterocycles. The van der Waals surface area contributed by atoms with Gasteiger partial charge < -0.3 is 9.47 Å². The molecule has 0 aliphatic carbocycles. The summed E-state index contributed by atoms with van der Waals surface area (Å²) in [6, 6.07) is 7.16. The Kier molecular flexibility index (Phi) is 4.69. The molecule has 0 bridgehead atoms. The van der Waals surface area contributed by atoms with Crippen molar-refractivity contribution in [3.63, 3.8) is 0 Å². The number of esters is 2. The van der Waals surface area contributed by atoms with Crippen molar-refractivity contribution in [1.82, 2.24) is 0 Å². The second kappa shape index (κ2) is 6.03. The minimum atomic E-state index is -0.491. The second-order valence-corrected chi connectivity index (χ2v) is 3.81. The van der Waals surface area contributed by atoms with Crippen LogP contribution in [0.5, 0.6) is 0 Å². The van der Waals surface area contributed by atoms with Gasteiger partial charge in [0.05, 0.1) is 19.1 Å². The zero-order chi connectivity index (χ0) is 12.8. The maximum Gasteiger partial charge on any atom is 0.338 e. The van der Waals surface area contributed by atoms with E-state index in [-0.39, 0.29) is 6.42 Å². The number of carbonyl (C=O) groups is 2. The third kappa shape index (κ3) is 3.90. The Bertz CT molecular complexity index is 412. The van der Waals surface area contributed by atoms with Crippen LogP contribution in [0.4, 0.5) is 0 Å². The average molecular weight is 236 g/mol. The SMILES string of the molecule is COC(=O)C[C@@H](C)OC(=O)c1ccccc1C. The van der Waals surface area contributed by atoms with Gasteiger partial charge in [0, 0.05) is 0 Å². The molecular formula is C13H16O4. The lowest BCUT2D eigenvalue weighted by Crippen LogP contribution is -2.19. The highest BCUT2D eigenvalue weighted by atomic mass is 16.6. The third-order valence-electron chi connectivity index (χ3n) is 2.35. The van der Waals surface area contributed by atoms with Crippen molar-refractivity contribution in [3.05, 3.63) is 35.4 Å². The first-order chi connectivity index (χ1) is 8.04. The summed E-state index contributed by atoms with van der Waals surface area (Å²) in [7, 11) is 1.30. The predicted molar refractivity (Wildman–Crippen MR) is 62.7 cm³/mol. The Balaban J connectivity index is 2.61. The summed E-state index contributed by atoms with van der Waals surface area (Å²) in [6.45, 7) is 3.49. The van der Waals surface area contributed by atoms with Gasteiger partial charge >= 0.3 is 11.9 Å². The summed E-state index contributed by atoms with van der Waals surface area (Å²) in [5, 5.41) is 0. The summed E-state index contributed by atoms with van der Waals surface area (Å²) in [6.07, 6.45) is -0.428. The molecule has 0 saturated heterocycles. The van der Waals surface area contributed by atoms with Gasteiger partial charge in [-0.2, -0.15) is 0 Å². The lowest BCUT2D eigenvalue weighted by atomic mass is 10.1. The van der Waals surface area contributed by atoms with Crippen molar-refractivity contribution in [2.75, 3.05) is 7.11 Å². The van der Waals surface area contributed by atoms with E-state index in [2.05, 4.69) is 4.74 Å². The van der Waals surface area contributed by atoms with Gasteiger partial charge in [-0.05, 0) is 25.5 Å². The molecule has 0 unspecified atom stereocenters. The van der Waals surface area contributed by atoms with Gasteiger partial charge in [0.25, 0.3) is 0 Å². The van der Waals surface area contributed by atoms with Gasteiger partial charge in [-0.3, -0.25) is 4.79 Å². The molecule has 4 nitrogen and oxygen atoms in total. The highest BCUT2D eigenvalue weighted by Crippen LogP contribution is 2.11. The maximum absolute atomic E-state index is 11.8. The van der Waals surface area contributed by atoms with Crippen molar-refractivity contribution in [1.29, 1.82) is 0 Å². The Morgan fingerprint density at radius 3 is 2.53 bits per heavy atom. The molecule has 17 heavy (non-hydrogen) atoms. The first-order valence-electron chi connectivity index (χ1n) is 5.38. The van der Waals surface area contributed by atoms with Gasteiger partial charge in [-0.1, -0.05) is 18.2 Å². The lowest BCUT2D eigenvalue weighted by molar-refractivity contribution is -0.142. The molecular weight excluding hydrogens is 220 g/mol. The fourth-order valence-electron chi connectivity index (χ4n) is 1.41. The Morgan fingerprint density at radius 1 is 1.29 bits per heavy atom. The molecule has 1 aromatic rings. The van der Waals surface area contributed by atoms with Gasteiger partial charge in [-0.25, -0.2) is 4.79 Å². The van der Waals surface area contributed by atoms with Crippen molar-refractivity contribution in [2.45, 2.75) is 26.4 Å². The normalized spacial score (nSPS) is 11.7. The molecule has 0 spiro atoms. The minimum Gasteiger partial charge on any atom is -0.469 e. The molecule has 1 atom stereocenters. The van der Waals surface area contributed by atoms with Crippen molar-refractivity contribution < 1.29 is 19.1 Å². The fraction of sp³-hybridized carbons (Fsp3) is 0.385. The van der Waals surface area contributed by atoms with Crippen LogP contribution < -0.4 is 0 Å². The Morgan fingerprint density at radius 2 is 1.94 bits per heavy atom. The van der Waals surface area contributed by atoms with Crippen LogP contribution in [0.2, 0.25) is 0 Å². The molecule has 92 valence electrons. The summed E-state index contributed by atoms with van der Waals surface area (Å²) in [5.74, 6) is -0.811. The lowest BCUT2D eigenvalue weighted by Gasteiger charge is -2.12.